The fourth-order valence-corrected chi connectivity index (χ4v) is 1.78. The van der Waals surface area contributed by atoms with Gasteiger partial charge in [-0.25, -0.2) is 4.79 Å². The van der Waals surface area contributed by atoms with E-state index in [1.807, 2.05) is 0 Å². The van der Waals surface area contributed by atoms with Crippen molar-refractivity contribution in [3.05, 3.63) is 34.9 Å². The zero-order valence-electron chi connectivity index (χ0n) is 7.81. The molecule has 1 heterocycles. The molecule has 1 fully saturated rings. The maximum absolute atomic E-state index is 11.0. The number of carbonyl (C=O) groups excluding carboxylic acids is 1. The van der Waals surface area contributed by atoms with Crippen molar-refractivity contribution in [3.8, 4) is 0 Å². The van der Waals surface area contributed by atoms with E-state index >= 15 is 0 Å². The third kappa shape index (κ3) is 2.06. The van der Waals surface area contributed by atoms with E-state index in [-0.39, 0.29) is 6.61 Å². The first-order valence-electron chi connectivity index (χ1n) is 4.54. The smallest absolute Gasteiger partial charge is 0.408 e. The molecule has 1 amide bonds. The standard InChI is InChI=1S/C10H10ClNO3/c11-7-3-1-2-6(4-7)9-8(5-13)12-10(14)15-9/h1-4,8-9,13H,5H2,(H,12,14)/t8-,9-/m0/s1. The minimum atomic E-state index is -0.515. The predicted octanol–water partition coefficient (Wildman–Crippen LogP) is 1.48. The zero-order chi connectivity index (χ0) is 10.8. The third-order valence-electron chi connectivity index (χ3n) is 2.28. The molecule has 0 unspecified atom stereocenters. The largest absolute Gasteiger partial charge is 0.439 e. The van der Waals surface area contributed by atoms with Crippen LogP contribution in [-0.4, -0.2) is 23.8 Å². The van der Waals surface area contributed by atoms with Gasteiger partial charge in [-0.05, 0) is 17.7 Å². The average Bonchev–Trinajstić information content (AvgIpc) is 2.59. The number of hydrogen-bond acceptors (Lipinski definition) is 3. The molecule has 1 aromatic rings. The van der Waals surface area contributed by atoms with Crippen molar-refractivity contribution < 1.29 is 14.6 Å². The molecule has 15 heavy (non-hydrogen) atoms. The Morgan fingerprint density at radius 3 is 3.00 bits per heavy atom. The molecule has 0 aromatic heterocycles. The number of hydrogen-bond donors (Lipinski definition) is 2. The van der Waals surface area contributed by atoms with Crippen LogP contribution >= 0.6 is 11.6 Å². The molecule has 5 heteroatoms. The molecular formula is C10H10ClNO3. The zero-order valence-corrected chi connectivity index (χ0v) is 8.57. The molecule has 1 aliphatic rings. The van der Waals surface area contributed by atoms with Crippen molar-refractivity contribution in [2.45, 2.75) is 12.1 Å². The molecule has 0 saturated carbocycles. The highest BCUT2D eigenvalue weighted by Crippen LogP contribution is 2.27. The van der Waals surface area contributed by atoms with Gasteiger partial charge in [-0.3, -0.25) is 0 Å². The Bertz CT molecular complexity index is 383. The minimum absolute atomic E-state index is 0.164. The van der Waals surface area contributed by atoms with Gasteiger partial charge < -0.3 is 15.2 Å². The summed E-state index contributed by atoms with van der Waals surface area (Å²) < 4.78 is 5.04. The van der Waals surface area contributed by atoms with Crippen LogP contribution in [0.15, 0.2) is 24.3 Å². The highest BCUT2D eigenvalue weighted by Gasteiger charge is 2.34. The van der Waals surface area contributed by atoms with Gasteiger partial charge in [-0.1, -0.05) is 23.7 Å². The number of carbonyl (C=O) groups is 1. The van der Waals surface area contributed by atoms with Gasteiger partial charge in [0.05, 0.1) is 12.6 Å². The van der Waals surface area contributed by atoms with Crippen molar-refractivity contribution >= 4 is 17.7 Å². The van der Waals surface area contributed by atoms with E-state index in [4.69, 9.17) is 21.4 Å². The van der Waals surface area contributed by atoms with Crippen LogP contribution in [0.4, 0.5) is 4.79 Å². The molecule has 2 atom stereocenters. The van der Waals surface area contributed by atoms with Gasteiger partial charge in [0.15, 0.2) is 6.10 Å². The molecule has 0 spiro atoms. The fourth-order valence-electron chi connectivity index (χ4n) is 1.58. The minimum Gasteiger partial charge on any atom is -0.439 e. The number of benzene rings is 1. The Hall–Kier alpha value is -1.26. The Kier molecular flexibility index (Phi) is 2.79. The van der Waals surface area contributed by atoms with Gasteiger partial charge in [0.2, 0.25) is 0 Å². The van der Waals surface area contributed by atoms with Crippen LogP contribution in [0.5, 0.6) is 0 Å². The lowest BCUT2D eigenvalue weighted by molar-refractivity contribution is 0.119. The molecule has 1 saturated heterocycles. The molecule has 0 radical (unpaired) electrons. The number of cyclic esters (lactones) is 1. The number of aliphatic hydroxyl groups excluding tert-OH is 1. The normalized spacial score (nSPS) is 24.8. The maximum Gasteiger partial charge on any atom is 0.408 e. The van der Waals surface area contributed by atoms with E-state index in [9.17, 15) is 4.79 Å². The van der Waals surface area contributed by atoms with Crippen molar-refractivity contribution in [1.82, 2.24) is 5.32 Å². The quantitative estimate of drug-likeness (QED) is 0.805. The number of alkyl carbamates (subject to hydrolysis) is 1. The van der Waals surface area contributed by atoms with Crippen LogP contribution in [0.2, 0.25) is 5.02 Å². The summed E-state index contributed by atoms with van der Waals surface area (Å²) in [4.78, 5) is 11.0. The second kappa shape index (κ2) is 4.08. The summed E-state index contributed by atoms with van der Waals surface area (Å²) in [5.74, 6) is 0. The lowest BCUT2D eigenvalue weighted by Gasteiger charge is -2.14. The highest BCUT2D eigenvalue weighted by molar-refractivity contribution is 6.30. The summed E-state index contributed by atoms with van der Waals surface area (Å²) in [6, 6.07) is 6.63. The first kappa shape index (κ1) is 10.3. The van der Waals surface area contributed by atoms with Crippen molar-refractivity contribution in [3.63, 3.8) is 0 Å². The van der Waals surface area contributed by atoms with Crippen molar-refractivity contribution in [2.75, 3.05) is 6.61 Å². The number of ether oxygens (including phenoxy) is 1. The second-order valence-electron chi connectivity index (χ2n) is 3.31. The molecule has 0 aliphatic carbocycles. The number of halogens is 1. The molecule has 1 aromatic carbocycles. The first-order valence-corrected chi connectivity index (χ1v) is 4.92. The summed E-state index contributed by atoms with van der Waals surface area (Å²) in [6.07, 6.45) is -0.986. The Morgan fingerprint density at radius 1 is 1.53 bits per heavy atom. The monoisotopic (exact) mass is 227 g/mol. The number of amides is 1. The molecule has 4 nitrogen and oxygen atoms in total. The number of rotatable bonds is 2. The Balaban J connectivity index is 2.26. The predicted molar refractivity (Wildman–Crippen MR) is 54.7 cm³/mol. The van der Waals surface area contributed by atoms with Gasteiger partial charge in [-0.15, -0.1) is 0 Å². The van der Waals surface area contributed by atoms with Gasteiger partial charge in [0.1, 0.15) is 0 Å². The van der Waals surface area contributed by atoms with E-state index in [1.54, 1.807) is 24.3 Å². The lowest BCUT2D eigenvalue weighted by atomic mass is 10.0. The third-order valence-corrected chi connectivity index (χ3v) is 2.51. The van der Waals surface area contributed by atoms with Crippen LogP contribution in [-0.2, 0) is 4.74 Å². The van der Waals surface area contributed by atoms with Gasteiger partial charge in [0.25, 0.3) is 0 Å². The van der Waals surface area contributed by atoms with Crippen LogP contribution < -0.4 is 5.32 Å². The summed E-state index contributed by atoms with van der Waals surface area (Å²) in [5, 5.41) is 12.2. The van der Waals surface area contributed by atoms with Gasteiger partial charge in [0, 0.05) is 5.02 Å². The summed E-state index contributed by atoms with van der Waals surface area (Å²) in [7, 11) is 0. The van der Waals surface area contributed by atoms with Crippen LogP contribution in [0, 0.1) is 0 Å². The maximum atomic E-state index is 11.0. The summed E-state index contributed by atoms with van der Waals surface area (Å²) >= 11 is 5.83. The number of nitrogens with one attached hydrogen (secondary N) is 1. The highest BCUT2D eigenvalue weighted by atomic mass is 35.5. The van der Waals surface area contributed by atoms with Gasteiger partial charge >= 0.3 is 6.09 Å². The molecule has 2 N–H and O–H groups in total. The van der Waals surface area contributed by atoms with Gasteiger partial charge in [-0.2, -0.15) is 0 Å². The van der Waals surface area contributed by atoms with Crippen LogP contribution in [0.25, 0.3) is 0 Å². The fraction of sp³-hybridized carbons (Fsp3) is 0.300. The average molecular weight is 228 g/mol. The van der Waals surface area contributed by atoms with E-state index in [0.29, 0.717) is 5.02 Å². The first-order chi connectivity index (χ1) is 7.20. The van der Waals surface area contributed by atoms with E-state index < -0.39 is 18.2 Å². The Morgan fingerprint density at radius 2 is 2.33 bits per heavy atom. The molecular weight excluding hydrogens is 218 g/mol. The van der Waals surface area contributed by atoms with Crippen molar-refractivity contribution in [2.24, 2.45) is 0 Å². The number of aliphatic hydroxyl groups is 1. The van der Waals surface area contributed by atoms with E-state index in [1.165, 1.54) is 0 Å². The van der Waals surface area contributed by atoms with E-state index in [2.05, 4.69) is 5.32 Å². The van der Waals surface area contributed by atoms with Crippen LogP contribution in [0.3, 0.4) is 0 Å². The topological polar surface area (TPSA) is 58.6 Å². The lowest BCUT2D eigenvalue weighted by Crippen LogP contribution is -2.31. The SMILES string of the molecule is O=C1N[C@@H](CO)[C@H](c2cccc(Cl)c2)O1. The summed E-state index contributed by atoms with van der Waals surface area (Å²) in [5.41, 5.74) is 0.778. The van der Waals surface area contributed by atoms with Crippen LogP contribution in [0.1, 0.15) is 11.7 Å². The summed E-state index contributed by atoms with van der Waals surface area (Å²) in [6.45, 7) is -0.164. The van der Waals surface area contributed by atoms with Crippen molar-refractivity contribution in [1.29, 1.82) is 0 Å². The second-order valence-corrected chi connectivity index (χ2v) is 3.75. The molecule has 80 valence electrons. The molecule has 2 rings (SSSR count). The molecule has 0 bridgehead atoms. The van der Waals surface area contributed by atoms with E-state index in [0.717, 1.165) is 5.56 Å². The Labute approximate surface area is 91.8 Å². The molecule has 1 aliphatic heterocycles.